The summed E-state index contributed by atoms with van der Waals surface area (Å²) in [5.41, 5.74) is 0. The van der Waals surface area contributed by atoms with Gasteiger partial charge in [0.2, 0.25) is 5.91 Å². The Morgan fingerprint density at radius 3 is 2.94 bits per heavy atom. The molecule has 1 fully saturated rings. The van der Waals surface area contributed by atoms with Gasteiger partial charge in [0.05, 0.1) is 18.2 Å². The second-order valence-corrected chi connectivity index (χ2v) is 5.52. The van der Waals surface area contributed by atoms with Gasteiger partial charge in [0.15, 0.2) is 0 Å². The first-order chi connectivity index (χ1) is 8.77. The summed E-state index contributed by atoms with van der Waals surface area (Å²) in [6.07, 6.45) is 0.531. The van der Waals surface area contributed by atoms with E-state index in [1.165, 1.54) is 0 Å². The van der Waals surface area contributed by atoms with Crippen molar-refractivity contribution in [1.29, 1.82) is 0 Å². The van der Waals surface area contributed by atoms with Gasteiger partial charge in [-0.05, 0) is 11.4 Å². The van der Waals surface area contributed by atoms with Crippen molar-refractivity contribution in [3.8, 4) is 0 Å². The van der Waals surface area contributed by atoms with Crippen molar-refractivity contribution in [1.82, 2.24) is 10.2 Å². The third kappa shape index (κ3) is 3.95. The van der Waals surface area contributed by atoms with Crippen molar-refractivity contribution >= 4 is 28.8 Å². The fourth-order valence-corrected chi connectivity index (χ4v) is 2.89. The van der Waals surface area contributed by atoms with Gasteiger partial charge in [-0.25, -0.2) is 0 Å². The van der Waals surface area contributed by atoms with Crippen molar-refractivity contribution in [2.24, 2.45) is 0 Å². The smallest absolute Gasteiger partial charge is 0.224 e. The SMILES string of the molecule is O=C(CCNCc1sccc1Cl)N1CCOCC1. The topological polar surface area (TPSA) is 41.6 Å². The van der Waals surface area contributed by atoms with E-state index in [2.05, 4.69) is 5.32 Å². The molecule has 0 unspecified atom stereocenters. The second-order valence-electron chi connectivity index (χ2n) is 4.11. The fourth-order valence-electron chi connectivity index (χ4n) is 1.82. The van der Waals surface area contributed by atoms with Crippen molar-refractivity contribution < 1.29 is 9.53 Å². The minimum absolute atomic E-state index is 0.197. The number of nitrogens with zero attached hydrogens (tertiary/aromatic N) is 1. The largest absolute Gasteiger partial charge is 0.378 e. The third-order valence-electron chi connectivity index (χ3n) is 2.86. The maximum Gasteiger partial charge on any atom is 0.224 e. The van der Waals surface area contributed by atoms with Crippen molar-refractivity contribution in [2.45, 2.75) is 13.0 Å². The van der Waals surface area contributed by atoms with Crippen LogP contribution in [0.25, 0.3) is 0 Å². The molecule has 0 atom stereocenters. The summed E-state index contributed by atoms with van der Waals surface area (Å²) in [5.74, 6) is 0.197. The highest BCUT2D eigenvalue weighted by Crippen LogP contribution is 2.21. The Balaban J connectivity index is 1.63. The van der Waals surface area contributed by atoms with Crippen molar-refractivity contribution in [3.05, 3.63) is 21.3 Å². The Morgan fingerprint density at radius 2 is 2.28 bits per heavy atom. The number of amides is 1. The molecule has 18 heavy (non-hydrogen) atoms. The molecule has 2 heterocycles. The average molecular weight is 289 g/mol. The van der Waals surface area contributed by atoms with Gasteiger partial charge in [-0.15, -0.1) is 11.3 Å². The van der Waals surface area contributed by atoms with E-state index in [0.717, 1.165) is 29.5 Å². The van der Waals surface area contributed by atoms with Gasteiger partial charge in [-0.3, -0.25) is 4.79 Å². The van der Waals surface area contributed by atoms with Crippen LogP contribution in [0.15, 0.2) is 11.4 Å². The zero-order valence-electron chi connectivity index (χ0n) is 10.2. The normalized spacial score (nSPS) is 15.9. The molecule has 0 saturated carbocycles. The van der Waals surface area contributed by atoms with Gasteiger partial charge in [0.1, 0.15) is 0 Å². The van der Waals surface area contributed by atoms with Crippen molar-refractivity contribution in [3.63, 3.8) is 0 Å². The summed E-state index contributed by atoms with van der Waals surface area (Å²) in [4.78, 5) is 14.8. The van der Waals surface area contributed by atoms with Crippen LogP contribution in [-0.2, 0) is 16.1 Å². The van der Waals surface area contributed by atoms with Gasteiger partial charge in [0.25, 0.3) is 0 Å². The van der Waals surface area contributed by atoms with Crippen molar-refractivity contribution in [2.75, 3.05) is 32.8 Å². The first-order valence-corrected chi connectivity index (χ1v) is 7.31. The van der Waals surface area contributed by atoms with E-state index in [1.54, 1.807) is 11.3 Å². The van der Waals surface area contributed by atoms with E-state index in [9.17, 15) is 4.79 Å². The molecule has 0 aliphatic carbocycles. The monoisotopic (exact) mass is 288 g/mol. The van der Waals surface area contributed by atoms with Crippen LogP contribution in [0.3, 0.4) is 0 Å². The van der Waals surface area contributed by atoms with Crippen LogP contribution in [0.5, 0.6) is 0 Å². The lowest BCUT2D eigenvalue weighted by molar-refractivity contribution is -0.135. The second kappa shape index (κ2) is 7.09. The molecule has 0 radical (unpaired) electrons. The van der Waals surface area contributed by atoms with Crippen LogP contribution < -0.4 is 5.32 Å². The molecule has 1 aromatic rings. The molecule has 100 valence electrons. The minimum Gasteiger partial charge on any atom is -0.378 e. The molecule has 1 aliphatic rings. The summed E-state index contributed by atoms with van der Waals surface area (Å²) in [5, 5.41) is 6.01. The number of hydrogen-bond acceptors (Lipinski definition) is 4. The molecule has 2 rings (SSSR count). The maximum absolute atomic E-state index is 11.8. The van der Waals surface area contributed by atoms with E-state index in [0.29, 0.717) is 26.2 Å². The summed E-state index contributed by atoms with van der Waals surface area (Å²) in [7, 11) is 0. The molecule has 0 bridgehead atoms. The van der Waals surface area contributed by atoms with E-state index in [1.807, 2.05) is 16.3 Å². The van der Waals surface area contributed by atoms with E-state index in [4.69, 9.17) is 16.3 Å². The number of nitrogens with one attached hydrogen (secondary N) is 1. The molecule has 1 aliphatic heterocycles. The maximum atomic E-state index is 11.8. The highest BCUT2D eigenvalue weighted by Gasteiger charge is 2.15. The molecule has 1 amide bonds. The number of morpholine rings is 1. The summed E-state index contributed by atoms with van der Waals surface area (Å²) >= 11 is 7.61. The predicted molar refractivity (Wildman–Crippen MR) is 73.1 cm³/mol. The highest BCUT2D eigenvalue weighted by molar-refractivity contribution is 7.10. The van der Waals surface area contributed by atoms with E-state index >= 15 is 0 Å². The Labute approximate surface area is 116 Å². The Hall–Kier alpha value is -0.620. The van der Waals surface area contributed by atoms with E-state index < -0.39 is 0 Å². The zero-order chi connectivity index (χ0) is 12.8. The lowest BCUT2D eigenvalue weighted by Gasteiger charge is -2.26. The predicted octanol–water partition coefficient (Wildman–Crippen LogP) is 1.74. The van der Waals surface area contributed by atoms with Crippen LogP contribution in [0.4, 0.5) is 0 Å². The van der Waals surface area contributed by atoms with Crippen LogP contribution in [-0.4, -0.2) is 43.7 Å². The lowest BCUT2D eigenvalue weighted by Crippen LogP contribution is -2.41. The lowest BCUT2D eigenvalue weighted by atomic mass is 10.3. The Morgan fingerprint density at radius 1 is 1.50 bits per heavy atom. The quantitative estimate of drug-likeness (QED) is 0.839. The molecule has 6 heteroatoms. The summed E-state index contributed by atoms with van der Waals surface area (Å²) in [6.45, 7) is 4.16. The van der Waals surface area contributed by atoms with Gasteiger partial charge in [-0.1, -0.05) is 11.6 Å². The molecule has 4 nitrogen and oxygen atoms in total. The molecule has 1 aromatic heterocycles. The van der Waals surface area contributed by atoms with Crippen LogP contribution in [0.2, 0.25) is 5.02 Å². The number of rotatable bonds is 5. The number of halogens is 1. The van der Waals surface area contributed by atoms with Crippen LogP contribution in [0.1, 0.15) is 11.3 Å². The number of carbonyl (C=O) groups excluding carboxylic acids is 1. The third-order valence-corrected chi connectivity index (χ3v) is 4.24. The Kier molecular flexibility index (Phi) is 5.44. The molecular weight excluding hydrogens is 272 g/mol. The fraction of sp³-hybridized carbons (Fsp3) is 0.583. The summed E-state index contributed by atoms with van der Waals surface area (Å²) < 4.78 is 5.21. The first-order valence-electron chi connectivity index (χ1n) is 6.05. The zero-order valence-corrected chi connectivity index (χ0v) is 11.7. The van der Waals surface area contributed by atoms with Crippen LogP contribution in [0, 0.1) is 0 Å². The number of hydrogen-bond donors (Lipinski definition) is 1. The summed E-state index contributed by atoms with van der Waals surface area (Å²) in [6, 6.07) is 1.89. The molecule has 1 saturated heterocycles. The number of ether oxygens (including phenoxy) is 1. The standard InChI is InChI=1S/C12H17ClN2O2S/c13-10-2-8-18-11(10)9-14-3-1-12(16)15-4-6-17-7-5-15/h2,8,14H,1,3-7,9H2. The minimum atomic E-state index is 0.197. The molecule has 0 spiro atoms. The Bertz CT molecular complexity index is 391. The molecule has 1 N–H and O–H groups in total. The van der Waals surface area contributed by atoms with Gasteiger partial charge in [0, 0.05) is 37.5 Å². The van der Waals surface area contributed by atoms with E-state index in [-0.39, 0.29) is 5.91 Å². The molecule has 0 aromatic carbocycles. The number of carbonyl (C=O) groups is 1. The first kappa shape index (κ1) is 13.8. The highest BCUT2D eigenvalue weighted by atomic mass is 35.5. The number of thiophene rings is 1. The average Bonchev–Trinajstić information content (AvgIpc) is 2.81. The van der Waals surface area contributed by atoms with Gasteiger partial charge in [-0.2, -0.15) is 0 Å². The van der Waals surface area contributed by atoms with Crippen LogP contribution >= 0.6 is 22.9 Å². The molecular formula is C12H17ClN2O2S. The van der Waals surface area contributed by atoms with Gasteiger partial charge >= 0.3 is 0 Å². The van der Waals surface area contributed by atoms with Gasteiger partial charge < -0.3 is 15.0 Å².